The van der Waals surface area contributed by atoms with Gasteiger partial charge in [0.15, 0.2) is 0 Å². The third-order valence-corrected chi connectivity index (χ3v) is 7.49. The zero-order valence-electron chi connectivity index (χ0n) is 15.6. The van der Waals surface area contributed by atoms with Crippen molar-refractivity contribution in [3.63, 3.8) is 0 Å². The maximum absolute atomic E-state index is 12.9. The number of nitrogens with zero attached hydrogens (tertiary/aromatic N) is 1. The Kier molecular flexibility index (Phi) is 6.35. The van der Waals surface area contributed by atoms with Gasteiger partial charge in [-0.2, -0.15) is 4.31 Å². The molecule has 1 amide bonds. The number of benzene rings is 1. The smallest absolute Gasteiger partial charge is 0.243 e. The first kappa shape index (κ1) is 19.4. The number of sulfonamides is 1. The summed E-state index contributed by atoms with van der Waals surface area (Å²) in [4.78, 5) is 13.0. The SMILES string of the molecule is Cc1ccc(S(=O)(=O)N2CCC[C@@H](C(=O)NC3CCCCCC3)C2)cc1. The highest BCUT2D eigenvalue weighted by atomic mass is 32.2. The van der Waals surface area contributed by atoms with E-state index in [2.05, 4.69) is 5.32 Å². The van der Waals surface area contributed by atoms with Crippen molar-refractivity contribution in [2.75, 3.05) is 13.1 Å². The summed E-state index contributed by atoms with van der Waals surface area (Å²) in [5.41, 5.74) is 1.03. The van der Waals surface area contributed by atoms with Crippen molar-refractivity contribution in [3.8, 4) is 0 Å². The van der Waals surface area contributed by atoms with Gasteiger partial charge in [-0.15, -0.1) is 0 Å². The highest BCUT2D eigenvalue weighted by Crippen LogP contribution is 2.25. The average Bonchev–Trinajstić information content (AvgIpc) is 2.91. The molecule has 0 aromatic heterocycles. The predicted octanol–water partition coefficient (Wildman–Crippen LogP) is 3.23. The van der Waals surface area contributed by atoms with Crippen LogP contribution in [0.5, 0.6) is 0 Å². The topological polar surface area (TPSA) is 66.5 Å². The molecule has 1 heterocycles. The lowest BCUT2D eigenvalue weighted by molar-refractivity contribution is -0.126. The van der Waals surface area contributed by atoms with Gasteiger partial charge in [-0.05, 0) is 44.7 Å². The summed E-state index contributed by atoms with van der Waals surface area (Å²) in [5, 5.41) is 3.19. The first-order valence-corrected chi connectivity index (χ1v) is 11.3. The lowest BCUT2D eigenvalue weighted by atomic mass is 9.97. The molecule has 1 aromatic carbocycles. The van der Waals surface area contributed by atoms with Crippen LogP contribution in [0, 0.1) is 12.8 Å². The van der Waals surface area contributed by atoms with Gasteiger partial charge in [0.25, 0.3) is 0 Å². The van der Waals surface area contributed by atoms with Crippen LogP contribution in [0.1, 0.15) is 56.9 Å². The van der Waals surface area contributed by atoms with Crippen molar-refractivity contribution in [2.45, 2.75) is 69.2 Å². The summed E-state index contributed by atoms with van der Waals surface area (Å²) in [6, 6.07) is 7.19. The molecule has 0 radical (unpaired) electrons. The lowest BCUT2D eigenvalue weighted by Gasteiger charge is -2.32. The fourth-order valence-electron chi connectivity index (χ4n) is 3.98. The van der Waals surface area contributed by atoms with E-state index in [0.717, 1.165) is 31.2 Å². The summed E-state index contributed by atoms with van der Waals surface area (Å²) in [5.74, 6) is -0.215. The Morgan fingerprint density at radius 1 is 1.00 bits per heavy atom. The zero-order valence-corrected chi connectivity index (χ0v) is 16.4. The minimum atomic E-state index is -3.53. The van der Waals surface area contributed by atoms with Gasteiger partial charge < -0.3 is 5.32 Å². The van der Waals surface area contributed by atoms with Crippen molar-refractivity contribution < 1.29 is 13.2 Å². The van der Waals surface area contributed by atoms with E-state index in [0.29, 0.717) is 11.4 Å². The molecule has 0 unspecified atom stereocenters. The molecule has 1 aliphatic heterocycles. The number of hydrogen-bond donors (Lipinski definition) is 1. The highest BCUT2D eigenvalue weighted by Gasteiger charge is 2.33. The maximum atomic E-state index is 12.9. The molecule has 26 heavy (non-hydrogen) atoms. The van der Waals surface area contributed by atoms with Crippen molar-refractivity contribution in [3.05, 3.63) is 29.8 Å². The van der Waals surface area contributed by atoms with Crippen LogP contribution in [0.4, 0.5) is 0 Å². The van der Waals surface area contributed by atoms with E-state index in [-0.39, 0.29) is 24.4 Å². The minimum absolute atomic E-state index is 0.0284. The molecule has 1 N–H and O–H groups in total. The van der Waals surface area contributed by atoms with Crippen LogP contribution >= 0.6 is 0 Å². The van der Waals surface area contributed by atoms with Crippen molar-refractivity contribution in [1.29, 1.82) is 0 Å². The van der Waals surface area contributed by atoms with Gasteiger partial charge in [-0.1, -0.05) is 43.4 Å². The Bertz CT molecular complexity index is 707. The zero-order chi connectivity index (χ0) is 18.6. The maximum Gasteiger partial charge on any atom is 0.243 e. The molecule has 6 heteroatoms. The van der Waals surface area contributed by atoms with Crippen molar-refractivity contribution >= 4 is 15.9 Å². The first-order chi connectivity index (χ1) is 12.5. The summed E-state index contributed by atoms with van der Waals surface area (Å²) in [6.45, 7) is 2.71. The largest absolute Gasteiger partial charge is 0.353 e. The fraction of sp³-hybridized carbons (Fsp3) is 0.650. The molecular formula is C20H30N2O3S. The van der Waals surface area contributed by atoms with Gasteiger partial charge in [-0.25, -0.2) is 8.42 Å². The second-order valence-corrected chi connectivity index (χ2v) is 9.65. The molecule has 2 aliphatic rings. The molecule has 1 atom stereocenters. The van der Waals surface area contributed by atoms with Gasteiger partial charge in [0.05, 0.1) is 10.8 Å². The second-order valence-electron chi connectivity index (χ2n) is 7.71. The number of carbonyl (C=O) groups is 1. The molecule has 1 saturated carbocycles. The second kappa shape index (κ2) is 8.53. The van der Waals surface area contributed by atoms with E-state index in [1.807, 2.05) is 19.1 Å². The van der Waals surface area contributed by atoms with Gasteiger partial charge in [0, 0.05) is 19.1 Å². The van der Waals surface area contributed by atoms with Crippen LogP contribution in [-0.4, -0.2) is 37.8 Å². The van der Waals surface area contributed by atoms with Gasteiger partial charge in [0.1, 0.15) is 0 Å². The number of amides is 1. The highest BCUT2D eigenvalue weighted by molar-refractivity contribution is 7.89. The van der Waals surface area contributed by atoms with E-state index >= 15 is 0 Å². The summed E-state index contributed by atoms with van der Waals surface area (Å²) < 4.78 is 27.3. The Morgan fingerprint density at radius 2 is 1.65 bits per heavy atom. The number of aryl methyl sites for hydroxylation is 1. The normalized spacial score (nSPS) is 23.3. The van der Waals surface area contributed by atoms with Crippen LogP contribution in [-0.2, 0) is 14.8 Å². The molecule has 0 spiro atoms. The Labute approximate surface area is 157 Å². The van der Waals surface area contributed by atoms with E-state index < -0.39 is 10.0 Å². The third-order valence-electron chi connectivity index (χ3n) is 5.62. The Morgan fingerprint density at radius 3 is 2.31 bits per heavy atom. The molecular weight excluding hydrogens is 348 g/mol. The summed E-state index contributed by atoms with van der Waals surface area (Å²) >= 11 is 0. The number of rotatable bonds is 4. The minimum Gasteiger partial charge on any atom is -0.353 e. The number of nitrogens with one attached hydrogen (secondary N) is 1. The molecule has 1 saturated heterocycles. The molecule has 0 bridgehead atoms. The van der Waals surface area contributed by atoms with Gasteiger partial charge in [-0.3, -0.25) is 4.79 Å². The Balaban J connectivity index is 1.64. The number of hydrogen-bond acceptors (Lipinski definition) is 3. The first-order valence-electron chi connectivity index (χ1n) is 9.84. The lowest BCUT2D eigenvalue weighted by Crippen LogP contribution is -2.47. The number of piperidine rings is 1. The monoisotopic (exact) mass is 378 g/mol. The van der Waals surface area contributed by atoms with Crippen LogP contribution in [0.2, 0.25) is 0 Å². The predicted molar refractivity (Wildman–Crippen MR) is 102 cm³/mol. The van der Waals surface area contributed by atoms with Gasteiger partial charge >= 0.3 is 0 Å². The Hall–Kier alpha value is -1.40. The van der Waals surface area contributed by atoms with Crippen LogP contribution in [0.3, 0.4) is 0 Å². The fourth-order valence-corrected chi connectivity index (χ4v) is 5.50. The van der Waals surface area contributed by atoms with Crippen molar-refractivity contribution in [2.24, 2.45) is 5.92 Å². The van der Waals surface area contributed by atoms with E-state index in [4.69, 9.17) is 0 Å². The molecule has 1 aromatic rings. The quantitative estimate of drug-likeness (QED) is 0.818. The molecule has 2 fully saturated rings. The number of carbonyl (C=O) groups excluding carboxylic acids is 1. The average molecular weight is 379 g/mol. The standard InChI is InChI=1S/C20H30N2O3S/c1-16-10-12-19(13-11-16)26(24,25)22-14-6-7-17(15-22)20(23)21-18-8-4-2-3-5-9-18/h10-13,17-18H,2-9,14-15H2,1H3,(H,21,23)/t17-/m1/s1. The van der Waals surface area contributed by atoms with Crippen LogP contribution in [0.25, 0.3) is 0 Å². The summed E-state index contributed by atoms with van der Waals surface area (Å²) in [6.07, 6.45) is 8.42. The van der Waals surface area contributed by atoms with Crippen LogP contribution < -0.4 is 5.32 Å². The third kappa shape index (κ3) is 4.65. The molecule has 1 aliphatic carbocycles. The van der Waals surface area contributed by atoms with E-state index in [1.165, 1.54) is 30.0 Å². The molecule has 3 rings (SSSR count). The molecule has 144 valence electrons. The van der Waals surface area contributed by atoms with Crippen molar-refractivity contribution in [1.82, 2.24) is 9.62 Å². The molecule has 5 nitrogen and oxygen atoms in total. The van der Waals surface area contributed by atoms with E-state index in [9.17, 15) is 13.2 Å². The summed E-state index contributed by atoms with van der Waals surface area (Å²) in [7, 11) is -3.53. The van der Waals surface area contributed by atoms with E-state index in [1.54, 1.807) is 12.1 Å². The van der Waals surface area contributed by atoms with Crippen LogP contribution in [0.15, 0.2) is 29.2 Å². The van der Waals surface area contributed by atoms with Gasteiger partial charge in [0.2, 0.25) is 15.9 Å².